The van der Waals surface area contributed by atoms with Crippen molar-refractivity contribution in [1.29, 1.82) is 0 Å². The summed E-state index contributed by atoms with van der Waals surface area (Å²) >= 11 is 0. The SMILES string of the molecule is BBB(B)/C(B(B)B)=C1\C/C(=C(/C)BB)c2ccccc21. The van der Waals surface area contributed by atoms with Gasteiger partial charge in [-0.15, -0.1) is 5.47 Å². The van der Waals surface area contributed by atoms with E-state index < -0.39 is 0 Å². The van der Waals surface area contributed by atoms with Crippen molar-refractivity contribution in [3.8, 4) is 0 Å². The van der Waals surface area contributed by atoms with E-state index in [-0.39, 0.29) is 0 Å². The fraction of sp³-hybridized carbons (Fsp3) is 0.167. The minimum absolute atomic E-state index is 0.629. The highest BCUT2D eigenvalue weighted by Gasteiger charge is 2.27. The molecule has 0 unspecified atom stereocenters. The molecule has 1 aliphatic rings. The lowest BCUT2D eigenvalue weighted by Gasteiger charge is -2.19. The van der Waals surface area contributed by atoms with Gasteiger partial charge in [0.15, 0.2) is 0 Å². The van der Waals surface area contributed by atoms with Gasteiger partial charge in [-0.1, -0.05) is 36.8 Å². The number of rotatable bonds is 4. The predicted octanol–water partition coefficient (Wildman–Crippen LogP) is -3.50. The molecule has 0 nitrogen and oxygen atoms in total. The lowest BCUT2D eigenvalue weighted by atomic mass is 8.93. The second kappa shape index (κ2) is 7.03. The highest BCUT2D eigenvalue weighted by molar-refractivity contribution is 7.55. The molecule has 0 amide bonds. The summed E-state index contributed by atoms with van der Waals surface area (Å²) < 4.78 is 0. The van der Waals surface area contributed by atoms with Gasteiger partial charge < -0.3 is 0 Å². The fourth-order valence-electron chi connectivity index (χ4n) is 3.66. The maximum atomic E-state index is 2.39. The molecule has 0 saturated heterocycles. The zero-order valence-corrected chi connectivity index (χ0v) is 14.6. The molecule has 0 atom stereocenters. The highest BCUT2D eigenvalue weighted by atomic mass is 14.2. The van der Waals surface area contributed by atoms with Gasteiger partial charge in [0.05, 0.1) is 58.7 Å². The topological polar surface area (TPSA) is 0 Å². The Morgan fingerprint density at radius 3 is 2.10 bits per heavy atom. The third kappa shape index (κ3) is 3.22. The largest absolute Gasteiger partial charge is 0.159 e. The van der Waals surface area contributed by atoms with E-state index in [9.17, 15) is 0 Å². The maximum absolute atomic E-state index is 2.39. The first-order chi connectivity index (χ1) is 10.0. The fourth-order valence-corrected chi connectivity index (χ4v) is 3.66. The van der Waals surface area contributed by atoms with Crippen LogP contribution in [0.1, 0.15) is 24.5 Å². The van der Waals surface area contributed by atoms with Crippen LogP contribution in [0.3, 0.4) is 0 Å². The average molecular weight is 263 g/mol. The number of hydrogen-bond donors (Lipinski definition) is 0. The van der Waals surface area contributed by atoms with Gasteiger partial charge in [0.1, 0.15) is 7.17 Å². The Kier molecular flexibility index (Phi) is 5.57. The third-order valence-electron chi connectivity index (χ3n) is 5.09. The molecule has 96 valence electrons. The predicted molar refractivity (Wildman–Crippen MR) is 119 cm³/mol. The van der Waals surface area contributed by atoms with Crippen LogP contribution in [-0.2, 0) is 0 Å². The molecule has 21 heavy (non-hydrogen) atoms. The number of hydrogen-bond acceptors (Lipinski definition) is 0. The van der Waals surface area contributed by atoms with E-state index in [0.29, 0.717) is 13.0 Å². The van der Waals surface area contributed by atoms with E-state index in [1.807, 2.05) is 0 Å². The molecule has 1 aromatic carbocycles. The zero-order chi connectivity index (χ0) is 15.6. The van der Waals surface area contributed by atoms with Crippen LogP contribution in [0, 0.1) is 0 Å². The molecular formula is C12H21B9. The van der Waals surface area contributed by atoms with Gasteiger partial charge in [-0.05, 0) is 23.1 Å². The van der Waals surface area contributed by atoms with Gasteiger partial charge in [-0.25, -0.2) is 0 Å². The monoisotopic (exact) mass is 264 g/mol. The Bertz CT molecular complexity index is 590. The zero-order valence-electron chi connectivity index (χ0n) is 14.6. The van der Waals surface area contributed by atoms with Crippen molar-refractivity contribution >= 4 is 77.1 Å². The van der Waals surface area contributed by atoms with Crippen LogP contribution in [0.25, 0.3) is 11.1 Å². The van der Waals surface area contributed by atoms with E-state index >= 15 is 0 Å². The third-order valence-corrected chi connectivity index (χ3v) is 5.09. The summed E-state index contributed by atoms with van der Waals surface area (Å²) in [5.74, 6) is 0. The molecule has 0 aliphatic heterocycles. The Morgan fingerprint density at radius 2 is 1.62 bits per heavy atom. The quantitative estimate of drug-likeness (QED) is 0.494. The van der Waals surface area contributed by atoms with Crippen LogP contribution in [0.4, 0.5) is 0 Å². The van der Waals surface area contributed by atoms with Crippen molar-refractivity contribution < 1.29 is 0 Å². The molecular weight excluding hydrogens is 241 g/mol. The Balaban J connectivity index is 2.67. The van der Waals surface area contributed by atoms with Crippen molar-refractivity contribution in [1.82, 2.24) is 0 Å². The first kappa shape index (κ1) is 16.7. The minimum Gasteiger partial charge on any atom is -0.159 e. The summed E-state index contributed by atoms with van der Waals surface area (Å²) in [5.41, 5.74) is 7.70. The van der Waals surface area contributed by atoms with Crippen molar-refractivity contribution in [2.75, 3.05) is 0 Å². The van der Waals surface area contributed by atoms with Gasteiger partial charge in [0.2, 0.25) is 0 Å². The van der Waals surface area contributed by atoms with E-state index in [4.69, 9.17) is 0 Å². The van der Waals surface area contributed by atoms with Crippen molar-refractivity contribution in [3.05, 3.63) is 46.2 Å². The number of benzene rings is 1. The van der Waals surface area contributed by atoms with E-state index in [2.05, 4.69) is 69.9 Å². The molecule has 9 heteroatoms. The van der Waals surface area contributed by atoms with E-state index in [1.165, 1.54) is 18.2 Å². The molecule has 2 rings (SSSR count). The van der Waals surface area contributed by atoms with Crippen molar-refractivity contribution in [2.45, 2.75) is 13.3 Å². The smallest absolute Gasteiger partial charge is 0.113 e. The van der Waals surface area contributed by atoms with Gasteiger partial charge in [0, 0.05) is 0 Å². The van der Waals surface area contributed by atoms with Gasteiger partial charge >= 0.3 is 0 Å². The lowest BCUT2D eigenvalue weighted by Crippen LogP contribution is -2.37. The standard InChI is InChI=1S/C12H21B9/c1-7(18-13)10-6-11(9-5-3-2-4-8(9)10)12(20(15)16)21(17)19-14/h2-5,18-19H,6,13-17H2,1H3/b10-7+,12-11+. The molecule has 0 saturated carbocycles. The summed E-state index contributed by atoms with van der Waals surface area (Å²) in [5, 5.41) is 1.67. The summed E-state index contributed by atoms with van der Waals surface area (Å²) in [4.78, 5) is 0. The van der Waals surface area contributed by atoms with Crippen molar-refractivity contribution in [2.24, 2.45) is 0 Å². The minimum atomic E-state index is 0.629. The molecule has 0 N–H and O–H groups in total. The summed E-state index contributed by atoms with van der Waals surface area (Å²) in [6.45, 7) is 3.60. The second-order valence-electron chi connectivity index (χ2n) is 6.73. The highest BCUT2D eigenvalue weighted by Crippen LogP contribution is 2.43. The molecule has 1 aromatic rings. The van der Waals surface area contributed by atoms with Crippen LogP contribution in [-0.4, -0.2) is 65.9 Å². The Morgan fingerprint density at radius 1 is 1.05 bits per heavy atom. The Hall–Kier alpha value is -0.716. The first-order valence-corrected chi connectivity index (χ1v) is 8.52. The van der Waals surface area contributed by atoms with Crippen LogP contribution < -0.4 is 0 Å². The summed E-state index contributed by atoms with van der Waals surface area (Å²) in [6, 6.07) is 9.01. The van der Waals surface area contributed by atoms with Gasteiger partial charge in [-0.2, -0.15) is 5.37 Å². The molecule has 0 heterocycles. The molecule has 0 spiro atoms. The number of fused-ring (bicyclic) bond motifs is 1. The van der Waals surface area contributed by atoms with Crippen LogP contribution in [0.15, 0.2) is 35.1 Å². The summed E-state index contributed by atoms with van der Waals surface area (Å²) in [6.07, 6.45) is 1.14. The maximum Gasteiger partial charge on any atom is 0.113 e. The molecule has 1 aliphatic carbocycles. The molecule has 0 radical (unpaired) electrons. The normalized spacial score (nSPS) is 17.8. The summed E-state index contributed by atoms with van der Waals surface area (Å²) in [7, 11) is 14.0. The van der Waals surface area contributed by atoms with Crippen LogP contribution in [0.5, 0.6) is 0 Å². The molecule has 0 aromatic heterocycles. The average Bonchev–Trinajstić information content (AvgIpc) is 2.86. The van der Waals surface area contributed by atoms with Crippen LogP contribution >= 0.6 is 0 Å². The molecule has 0 fully saturated rings. The van der Waals surface area contributed by atoms with Crippen LogP contribution in [0.2, 0.25) is 0 Å². The van der Waals surface area contributed by atoms with Gasteiger partial charge in [0.25, 0.3) is 0 Å². The second-order valence-corrected chi connectivity index (χ2v) is 6.73. The number of allylic oxidation sites excluding steroid dienone is 3. The van der Waals surface area contributed by atoms with Crippen molar-refractivity contribution in [3.63, 3.8) is 0 Å². The Labute approximate surface area is 137 Å². The first-order valence-electron chi connectivity index (χ1n) is 8.52. The van der Waals surface area contributed by atoms with Gasteiger partial charge in [-0.3, -0.25) is 0 Å². The van der Waals surface area contributed by atoms with E-state index in [0.717, 1.165) is 13.6 Å². The lowest BCUT2D eigenvalue weighted by molar-refractivity contribution is 1.47. The van der Waals surface area contributed by atoms with E-state index in [1.54, 1.807) is 22.0 Å². The molecule has 0 bridgehead atoms.